The quantitative estimate of drug-likeness (QED) is 0.786. The number of thiazole rings is 1. The molecule has 112 valence electrons. The normalized spacial score (nSPS) is 10.4. The van der Waals surface area contributed by atoms with Crippen LogP contribution < -0.4 is 15.2 Å². The number of aromatic nitrogens is 1. The number of ether oxygens (including phenoxy) is 1. The SMILES string of the molecule is Cc1cc(C)cc(OCCNc2nc(CC(=O)[O-])cs2)c1. The first-order chi connectivity index (χ1) is 10.0. The van der Waals surface area contributed by atoms with Crippen LogP contribution in [-0.4, -0.2) is 24.1 Å². The first kappa shape index (κ1) is 15.3. The van der Waals surface area contributed by atoms with Crippen molar-refractivity contribution in [2.45, 2.75) is 20.3 Å². The van der Waals surface area contributed by atoms with Gasteiger partial charge in [-0.2, -0.15) is 0 Å². The van der Waals surface area contributed by atoms with E-state index in [0.717, 1.165) is 5.75 Å². The van der Waals surface area contributed by atoms with Gasteiger partial charge in [-0.1, -0.05) is 6.07 Å². The molecule has 2 rings (SSSR count). The molecule has 1 aromatic carbocycles. The van der Waals surface area contributed by atoms with Gasteiger partial charge in [0.05, 0.1) is 12.2 Å². The van der Waals surface area contributed by atoms with Gasteiger partial charge in [0.1, 0.15) is 12.4 Å². The van der Waals surface area contributed by atoms with Crippen LogP contribution in [0.25, 0.3) is 0 Å². The van der Waals surface area contributed by atoms with Crippen molar-refractivity contribution in [3.8, 4) is 5.75 Å². The molecule has 0 saturated heterocycles. The van der Waals surface area contributed by atoms with Crippen LogP contribution in [0.5, 0.6) is 5.75 Å². The molecular formula is C15H17N2O3S-. The first-order valence-electron chi connectivity index (χ1n) is 6.62. The molecule has 0 radical (unpaired) electrons. The Morgan fingerprint density at radius 2 is 2.05 bits per heavy atom. The molecule has 1 heterocycles. The van der Waals surface area contributed by atoms with Crippen molar-refractivity contribution in [1.82, 2.24) is 4.98 Å². The number of carbonyl (C=O) groups is 1. The Kier molecular flexibility index (Phi) is 5.16. The van der Waals surface area contributed by atoms with Gasteiger partial charge in [-0.15, -0.1) is 11.3 Å². The molecular weight excluding hydrogens is 288 g/mol. The van der Waals surface area contributed by atoms with Gasteiger partial charge in [-0.3, -0.25) is 0 Å². The van der Waals surface area contributed by atoms with Crippen LogP contribution in [0.1, 0.15) is 16.8 Å². The molecule has 2 aromatic rings. The second-order valence-corrected chi connectivity index (χ2v) is 5.65. The molecule has 6 heteroatoms. The maximum atomic E-state index is 10.5. The van der Waals surface area contributed by atoms with Crippen molar-refractivity contribution in [2.75, 3.05) is 18.5 Å². The van der Waals surface area contributed by atoms with E-state index in [1.807, 2.05) is 26.0 Å². The van der Waals surface area contributed by atoms with Crippen LogP contribution >= 0.6 is 11.3 Å². The van der Waals surface area contributed by atoms with Gasteiger partial charge in [0.25, 0.3) is 0 Å². The number of hydrogen-bond acceptors (Lipinski definition) is 6. The Labute approximate surface area is 127 Å². The van der Waals surface area contributed by atoms with Crippen molar-refractivity contribution in [1.29, 1.82) is 0 Å². The summed E-state index contributed by atoms with van der Waals surface area (Å²) >= 11 is 1.37. The van der Waals surface area contributed by atoms with E-state index in [1.54, 1.807) is 5.38 Å². The van der Waals surface area contributed by atoms with Gasteiger partial charge >= 0.3 is 0 Å². The zero-order chi connectivity index (χ0) is 15.2. The summed E-state index contributed by atoms with van der Waals surface area (Å²) in [5.41, 5.74) is 2.85. The van der Waals surface area contributed by atoms with E-state index in [4.69, 9.17) is 4.74 Å². The molecule has 0 saturated carbocycles. The van der Waals surface area contributed by atoms with Gasteiger partial charge in [-0.05, 0) is 37.1 Å². The number of aryl methyl sites for hydroxylation is 2. The van der Waals surface area contributed by atoms with Gasteiger partial charge in [0, 0.05) is 17.8 Å². The number of aliphatic carboxylic acids is 1. The van der Waals surface area contributed by atoms with E-state index in [2.05, 4.69) is 16.4 Å². The number of rotatable bonds is 7. The Hall–Kier alpha value is -2.08. The van der Waals surface area contributed by atoms with E-state index in [9.17, 15) is 9.90 Å². The number of carboxylic acids is 1. The predicted molar refractivity (Wildman–Crippen MR) is 80.7 cm³/mol. The summed E-state index contributed by atoms with van der Waals surface area (Å²) in [4.78, 5) is 14.6. The number of hydrogen-bond donors (Lipinski definition) is 1. The van der Waals surface area contributed by atoms with E-state index in [0.29, 0.717) is 24.0 Å². The summed E-state index contributed by atoms with van der Waals surface area (Å²) in [7, 11) is 0. The molecule has 0 unspecified atom stereocenters. The molecule has 0 spiro atoms. The fourth-order valence-electron chi connectivity index (χ4n) is 1.96. The lowest BCUT2D eigenvalue weighted by atomic mass is 10.1. The lowest BCUT2D eigenvalue weighted by Gasteiger charge is -2.08. The molecule has 1 aromatic heterocycles. The number of benzene rings is 1. The van der Waals surface area contributed by atoms with Crippen LogP contribution in [-0.2, 0) is 11.2 Å². The minimum atomic E-state index is -1.12. The zero-order valence-electron chi connectivity index (χ0n) is 12.0. The molecule has 1 N–H and O–H groups in total. The molecule has 5 nitrogen and oxygen atoms in total. The van der Waals surface area contributed by atoms with Gasteiger partial charge in [0.15, 0.2) is 5.13 Å². The van der Waals surface area contributed by atoms with E-state index >= 15 is 0 Å². The van der Waals surface area contributed by atoms with Crippen molar-refractivity contribution in [3.05, 3.63) is 40.4 Å². The summed E-state index contributed by atoms with van der Waals surface area (Å²) < 4.78 is 5.67. The highest BCUT2D eigenvalue weighted by molar-refractivity contribution is 7.13. The smallest absolute Gasteiger partial charge is 0.182 e. The highest BCUT2D eigenvalue weighted by atomic mass is 32.1. The summed E-state index contributed by atoms with van der Waals surface area (Å²) in [6, 6.07) is 6.09. The fraction of sp³-hybridized carbons (Fsp3) is 0.333. The molecule has 21 heavy (non-hydrogen) atoms. The standard InChI is InChI=1S/C15H18N2O3S/c1-10-5-11(2)7-13(6-10)20-4-3-16-15-17-12(9-21-15)8-14(18)19/h5-7,9H,3-4,8H2,1-2H3,(H,16,17)(H,18,19)/p-1. The minimum absolute atomic E-state index is 0.156. The maximum Gasteiger partial charge on any atom is 0.182 e. The van der Waals surface area contributed by atoms with Crippen molar-refractivity contribution >= 4 is 22.4 Å². The van der Waals surface area contributed by atoms with Crippen LogP contribution in [0.3, 0.4) is 0 Å². The average Bonchev–Trinajstić information content (AvgIpc) is 2.80. The summed E-state index contributed by atoms with van der Waals surface area (Å²) in [5, 5.41) is 16.0. The molecule has 0 fully saturated rings. The Morgan fingerprint density at radius 1 is 1.33 bits per heavy atom. The summed E-state index contributed by atoms with van der Waals surface area (Å²) in [6.45, 7) is 5.18. The average molecular weight is 305 g/mol. The topological polar surface area (TPSA) is 74.3 Å². The number of nitrogens with zero attached hydrogens (tertiary/aromatic N) is 1. The molecule has 0 atom stereocenters. The first-order valence-corrected chi connectivity index (χ1v) is 7.50. The fourth-order valence-corrected chi connectivity index (χ4v) is 2.70. The van der Waals surface area contributed by atoms with E-state index in [-0.39, 0.29) is 6.42 Å². The molecule has 0 amide bonds. The number of nitrogens with one attached hydrogen (secondary N) is 1. The molecule has 0 bridgehead atoms. The number of carboxylic acid groups (broad SMARTS) is 1. The van der Waals surface area contributed by atoms with Crippen molar-refractivity contribution in [2.24, 2.45) is 0 Å². The third-order valence-electron chi connectivity index (χ3n) is 2.72. The lowest BCUT2D eigenvalue weighted by molar-refractivity contribution is -0.304. The zero-order valence-corrected chi connectivity index (χ0v) is 12.8. The predicted octanol–water partition coefficient (Wildman–Crippen LogP) is 1.54. The van der Waals surface area contributed by atoms with Crippen LogP contribution in [0.15, 0.2) is 23.6 Å². The third kappa shape index (κ3) is 5.07. The summed E-state index contributed by atoms with van der Waals surface area (Å²) in [5.74, 6) is -0.268. The highest BCUT2D eigenvalue weighted by Crippen LogP contribution is 2.17. The Bertz CT molecular complexity index is 605. The van der Waals surface area contributed by atoms with E-state index < -0.39 is 5.97 Å². The maximum absolute atomic E-state index is 10.5. The molecule has 0 aliphatic rings. The number of anilines is 1. The molecule has 0 aliphatic carbocycles. The molecule has 0 aliphatic heterocycles. The van der Waals surface area contributed by atoms with Crippen LogP contribution in [0, 0.1) is 13.8 Å². The van der Waals surface area contributed by atoms with Gasteiger partial charge in [0.2, 0.25) is 0 Å². The minimum Gasteiger partial charge on any atom is -0.550 e. The Balaban J connectivity index is 1.76. The van der Waals surface area contributed by atoms with Crippen LogP contribution in [0.2, 0.25) is 0 Å². The Morgan fingerprint density at radius 3 is 2.71 bits per heavy atom. The third-order valence-corrected chi connectivity index (χ3v) is 3.57. The van der Waals surface area contributed by atoms with Crippen molar-refractivity contribution < 1.29 is 14.6 Å². The number of carbonyl (C=O) groups excluding carboxylic acids is 1. The lowest BCUT2D eigenvalue weighted by Crippen LogP contribution is -2.24. The second-order valence-electron chi connectivity index (χ2n) is 4.79. The van der Waals surface area contributed by atoms with Gasteiger partial charge < -0.3 is 20.0 Å². The monoisotopic (exact) mass is 305 g/mol. The van der Waals surface area contributed by atoms with Gasteiger partial charge in [-0.25, -0.2) is 4.98 Å². The van der Waals surface area contributed by atoms with Crippen molar-refractivity contribution in [3.63, 3.8) is 0 Å². The highest BCUT2D eigenvalue weighted by Gasteiger charge is 2.02. The largest absolute Gasteiger partial charge is 0.550 e. The summed E-state index contributed by atoms with van der Waals surface area (Å²) in [6.07, 6.45) is -0.156. The van der Waals surface area contributed by atoms with Crippen LogP contribution in [0.4, 0.5) is 5.13 Å². The second kappa shape index (κ2) is 7.08. The van der Waals surface area contributed by atoms with E-state index in [1.165, 1.54) is 22.5 Å².